The van der Waals surface area contributed by atoms with E-state index in [4.69, 9.17) is 9.84 Å². The SMILES string of the molecule is C[C@@H]1CC2C3CCC4=CC(O)CC[C@]4(C)C3=CC[C@]2(C)[C@H]1C(=O)COC(=O)CCC(=O)O. The number of ether oxygens (including phenoxy) is 1. The third-order valence-corrected chi connectivity index (χ3v) is 9.07. The van der Waals surface area contributed by atoms with Gasteiger partial charge in [-0.05, 0) is 61.7 Å². The zero-order chi connectivity index (χ0) is 23.3. The van der Waals surface area contributed by atoms with E-state index in [0.29, 0.717) is 11.8 Å². The van der Waals surface area contributed by atoms with Gasteiger partial charge in [0, 0.05) is 11.3 Å². The maximum absolute atomic E-state index is 13.2. The molecule has 4 aliphatic carbocycles. The Labute approximate surface area is 190 Å². The largest absolute Gasteiger partial charge is 0.481 e. The van der Waals surface area contributed by atoms with Gasteiger partial charge in [0.25, 0.3) is 0 Å². The van der Waals surface area contributed by atoms with Crippen LogP contribution in [0.3, 0.4) is 0 Å². The number of hydrogen-bond acceptors (Lipinski definition) is 5. The van der Waals surface area contributed by atoms with Crippen molar-refractivity contribution in [1.29, 1.82) is 0 Å². The summed E-state index contributed by atoms with van der Waals surface area (Å²) in [7, 11) is 0. The highest BCUT2D eigenvalue weighted by Crippen LogP contribution is 2.65. The van der Waals surface area contributed by atoms with Crippen LogP contribution in [0.5, 0.6) is 0 Å². The first-order chi connectivity index (χ1) is 15.1. The molecular formula is C26H36O6. The Kier molecular flexibility index (Phi) is 6.12. The number of carboxylic acids is 1. The number of Topliss-reactive ketones (excluding diaryl/α,β-unsaturated/α-hetero) is 1. The minimum atomic E-state index is -1.05. The highest BCUT2D eigenvalue weighted by atomic mass is 16.5. The third kappa shape index (κ3) is 3.85. The molecule has 3 unspecified atom stereocenters. The molecule has 0 saturated heterocycles. The minimum Gasteiger partial charge on any atom is -0.481 e. The fourth-order valence-corrected chi connectivity index (χ4v) is 7.58. The second-order valence-corrected chi connectivity index (χ2v) is 11.0. The summed E-state index contributed by atoms with van der Waals surface area (Å²) in [5.41, 5.74) is 2.79. The molecule has 4 rings (SSSR count). The Hall–Kier alpha value is -1.95. The van der Waals surface area contributed by atoms with E-state index in [2.05, 4.69) is 32.9 Å². The lowest BCUT2D eigenvalue weighted by molar-refractivity contribution is -0.152. The van der Waals surface area contributed by atoms with Crippen molar-refractivity contribution in [3.8, 4) is 0 Å². The molecule has 0 amide bonds. The van der Waals surface area contributed by atoms with Crippen LogP contribution in [0.4, 0.5) is 0 Å². The van der Waals surface area contributed by atoms with Crippen LogP contribution in [0, 0.1) is 34.5 Å². The quantitative estimate of drug-likeness (QED) is 0.473. The monoisotopic (exact) mass is 444 g/mol. The van der Waals surface area contributed by atoms with Crippen LogP contribution in [0.1, 0.15) is 72.1 Å². The molecule has 2 saturated carbocycles. The standard InChI is InChI=1S/C26H36O6/c1-15-12-20-18-5-4-16-13-17(27)8-10-25(16,2)19(18)9-11-26(20,3)24(15)21(28)14-32-23(31)7-6-22(29)30/h9,13,15,17-18,20,24,27H,4-8,10-12,14H2,1-3H3,(H,29,30)/t15-,17?,18?,20?,24-,25+,26+/m1/s1. The summed E-state index contributed by atoms with van der Waals surface area (Å²) in [5.74, 6) is -0.755. The number of carbonyl (C=O) groups excluding carboxylic acids is 2. The van der Waals surface area contributed by atoms with Crippen LogP contribution in [0.15, 0.2) is 23.3 Å². The van der Waals surface area contributed by atoms with Gasteiger partial charge < -0.3 is 14.9 Å². The van der Waals surface area contributed by atoms with Crippen molar-refractivity contribution in [3.63, 3.8) is 0 Å². The molecule has 176 valence electrons. The first-order valence-electron chi connectivity index (χ1n) is 12.1. The van der Waals surface area contributed by atoms with E-state index in [-0.39, 0.29) is 54.0 Å². The van der Waals surface area contributed by atoms with E-state index in [1.807, 2.05) is 0 Å². The second kappa shape index (κ2) is 8.44. The van der Waals surface area contributed by atoms with Crippen molar-refractivity contribution >= 4 is 17.7 Å². The molecule has 2 fully saturated rings. The predicted molar refractivity (Wildman–Crippen MR) is 119 cm³/mol. The summed E-state index contributed by atoms with van der Waals surface area (Å²) in [6.07, 6.45) is 9.37. The summed E-state index contributed by atoms with van der Waals surface area (Å²) in [6, 6.07) is 0. The normalized spacial score (nSPS) is 40.3. The number of allylic oxidation sites excluding steroid dienone is 3. The molecule has 6 nitrogen and oxygen atoms in total. The Morgan fingerprint density at radius 3 is 2.66 bits per heavy atom. The van der Waals surface area contributed by atoms with Crippen LogP contribution in [-0.2, 0) is 19.1 Å². The molecule has 32 heavy (non-hydrogen) atoms. The van der Waals surface area contributed by atoms with E-state index in [0.717, 1.165) is 38.5 Å². The zero-order valence-electron chi connectivity index (χ0n) is 19.4. The molecule has 2 N–H and O–H groups in total. The Morgan fingerprint density at radius 2 is 1.94 bits per heavy atom. The summed E-state index contributed by atoms with van der Waals surface area (Å²) < 4.78 is 5.14. The number of carbonyl (C=O) groups is 3. The van der Waals surface area contributed by atoms with Gasteiger partial charge in [0.2, 0.25) is 0 Å². The van der Waals surface area contributed by atoms with Crippen LogP contribution < -0.4 is 0 Å². The maximum atomic E-state index is 13.2. The summed E-state index contributed by atoms with van der Waals surface area (Å²) in [5, 5.41) is 18.8. The van der Waals surface area contributed by atoms with Gasteiger partial charge in [0.05, 0.1) is 18.9 Å². The molecule has 4 aliphatic rings. The molecule has 0 heterocycles. The third-order valence-electron chi connectivity index (χ3n) is 9.07. The summed E-state index contributed by atoms with van der Waals surface area (Å²) in [4.78, 5) is 35.7. The van der Waals surface area contributed by atoms with Crippen LogP contribution in [-0.4, -0.2) is 40.6 Å². The van der Waals surface area contributed by atoms with Crippen molar-refractivity contribution in [1.82, 2.24) is 0 Å². The highest BCUT2D eigenvalue weighted by Gasteiger charge is 2.59. The van der Waals surface area contributed by atoms with Crippen molar-refractivity contribution in [2.24, 2.45) is 34.5 Å². The number of aliphatic hydroxyl groups is 1. The maximum Gasteiger partial charge on any atom is 0.306 e. The van der Waals surface area contributed by atoms with Gasteiger partial charge in [-0.1, -0.05) is 44.1 Å². The average Bonchev–Trinajstić information content (AvgIpc) is 3.01. The van der Waals surface area contributed by atoms with Gasteiger partial charge in [-0.25, -0.2) is 0 Å². The fourth-order valence-electron chi connectivity index (χ4n) is 7.58. The van der Waals surface area contributed by atoms with Crippen molar-refractivity contribution in [2.45, 2.75) is 78.2 Å². The van der Waals surface area contributed by atoms with E-state index >= 15 is 0 Å². The van der Waals surface area contributed by atoms with Gasteiger partial charge in [0.15, 0.2) is 5.78 Å². The molecule has 0 bridgehead atoms. The molecule has 0 aromatic heterocycles. The predicted octanol–water partition coefficient (Wildman–Crippen LogP) is 4.07. The smallest absolute Gasteiger partial charge is 0.306 e. The molecule has 6 heteroatoms. The van der Waals surface area contributed by atoms with Crippen LogP contribution in [0.2, 0.25) is 0 Å². The number of aliphatic carboxylic acids is 1. The van der Waals surface area contributed by atoms with Gasteiger partial charge in [-0.15, -0.1) is 0 Å². The number of rotatable bonds is 6. The van der Waals surface area contributed by atoms with E-state index in [1.165, 1.54) is 11.1 Å². The van der Waals surface area contributed by atoms with Gasteiger partial charge >= 0.3 is 11.9 Å². The summed E-state index contributed by atoms with van der Waals surface area (Å²) in [6.45, 7) is 6.45. The number of hydrogen-bond donors (Lipinski definition) is 2. The first kappa shape index (κ1) is 23.2. The number of esters is 1. The Bertz CT molecular complexity index is 872. The van der Waals surface area contributed by atoms with E-state index in [9.17, 15) is 19.5 Å². The zero-order valence-corrected chi connectivity index (χ0v) is 19.4. The lowest BCUT2D eigenvalue weighted by Gasteiger charge is -2.53. The Balaban J connectivity index is 1.51. The molecular weight excluding hydrogens is 408 g/mol. The van der Waals surface area contributed by atoms with Gasteiger partial charge in [-0.3, -0.25) is 14.4 Å². The molecule has 0 radical (unpaired) electrons. The topological polar surface area (TPSA) is 101 Å². The van der Waals surface area contributed by atoms with Gasteiger partial charge in [-0.2, -0.15) is 0 Å². The molecule has 7 atom stereocenters. The Morgan fingerprint density at radius 1 is 1.19 bits per heavy atom. The molecule has 0 aromatic rings. The average molecular weight is 445 g/mol. The number of aliphatic hydroxyl groups excluding tert-OH is 1. The fraction of sp³-hybridized carbons (Fsp3) is 0.731. The van der Waals surface area contributed by atoms with Gasteiger partial charge in [0.1, 0.15) is 6.61 Å². The first-order valence-corrected chi connectivity index (χ1v) is 12.1. The number of ketones is 1. The van der Waals surface area contributed by atoms with Crippen LogP contribution >= 0.6 is 0 Å². The second-order valence-electron chi connectivity index (χ2n) is 11.0. The molecule has 0 aliphatic heterocycles. The van der Waals surface area contributed by atoms with E-state index in [1.54, 1.807) is 0 Å². The number of fused-ring (bicyclic) bond motifs is 5. The minimum absolute atomic E-state index is 0.0357. The van der Waals surface area contributed by atoms with Crippen LogP contribution in [0.25, 0.3) is 0 Å². The van der Waals surface area contributed by atoms with E-state index < -0.39 is 11.9 Å². The van der Waals surface area contributed by atoms with Crippen molar-refractivity contribution in [3.05, 3.63) is 23.3 Å². The van der Waals surface area contributed by atoms with Crippen molar-refractivity contribution < 1.29 is 29.3 Å². The summed E-state index contributed by atoms with van der Waals surface area (Å²) >= 11 is 0. The highest BCUT2D eigenvalue weighted by molar-refractivity contribution is 5.86. The lowest BCUT2D eigenvalue weighted by atomic mass is 9.51. The number of carboxylic acid groups (broad SMARTS) is 1. The molecule has 0 spiro atoms. The molecule has 0 aromatic carbocycles. The lowest BCUT2D eigenvalue weighted by Crippen LogP contribution is -2.46. The van der Waals surface area contributed by atoms with Crippen molar-refractivity contribution in [2.75, 3.05) is 6.61 Å².